The predicted molar refractivity (Wildman–Crippen MR) is 127 cm³/mol. The highest BCUT2D eigenvalue weighted by atomic mass is 79.9. The molecule has 0 aromatic heterocycles. The number of carbonyl (C=O) groups excluding carboxylic acids is 2. The fourth-order valence-electron chi connectivity index (χ4n) is 3.18. The predicted octanol–water partition coefficient (Wildman–Crippen LogP) is 5.69. The maximum atomic E-state index is 12.9. The number of nitrogens with one attached hydrogen (secondary N) is 1. The number of nitro groups is 1. The molecule has 1 fully saturated rings. The Kier molecular flexibility index (Phi) is 6.43. The van der Waals surface area contributed by atoms with Gasteiger partial charge in [-0.1, -0.05) is 33.6 Å². The Balaban J connectivity index is 1.58. The lowest BCUT2D eigenvalue weighted by Gasteiger charge is -2.12. The summed E-state index contributed by atoms with van der Waals surface area (Å²) in [4.78, 5) is 36.7. The lowest BCUT2D eigenvalue weighted by atomic mass is 10.1. The molecule has 8 nitrogen and oxygen atoms in total. The lowest BCUT2D eigenvalue weighted by molar-refractivity contribution is -0.384. The number of carbonyl (C=O) groups is 2. The van der Waals surface area contributed by atoms with Crippen LogP contribution in [0.5, 0.6) is 5.75 Å². The number of urea groups is 1. The first-order valence-corrected chi connectivity index (χ1v) is 10.8. The van der Waals surface area contributed by atoms with E-state index in [2.05, 4.69) is 21.2 Å². The van der Waals surface area contributed by atoms with E-state index in [-0.39, 0.29) is 18.0 Å². The first-order chi connectivity index (χ1) is 15.8. The molecule has 3 amide bonds. The van der Waals surface area contributed by atoms with Crippen LogP contribution in [0.3, 0.4) is 0 Å². The van der Waals surface area contributed by atoms with Crippen molar-refractivity contribution in [1.82, 2.24) is 5.32 Å². The minimum Gasteiger partial charge on any atom is -0.488 e. The molecule has 0 bridgehead atoms. The van der Waals surface area contributed by atoms with E-state index < -0.39 is 16.9 Å². The molecule has 3 aromatic rings. The van der Waals surface area contributed by atoms with Gasteiger partial charge in [-0.25, -0.2) is 9.69 Å². The molecule has 0 atom stereocenters. The highest BCUT2D eigenvalue weighted by molar-refractivity contribution is 9.10. The average Bonchev–Trinajstić information content (AvgIpc) is 3.06. The van der Waals surface area contributed by atoms with Gasteiger partial charge in [-0.15, -0.1) is 0 Å². The Hall–Kier alpha value is -3.69. The lowest BCUT2D eigenvalue weighted by Crippen LogP contribution is -2.30. The van der Waals surface area contributed by atoms with Crippen LogP contribution < -0.4 is 15.0 Å². The van der Waals surface area contributed by atoms with Crippen LogP contribution in [-0.4, -0.2) is 16.9 Å². The second-order valence-corrected chi connectivity index (χ2v) is 8.36. The summed E-state index contributed by atoms with van der Waals surface area (Å²) in [5.74, 6) is -0.0594. The maximum absolute atomic E-state index is 12.9. The second kappa shape index (κ2) is 9.43. The molecule has 1 saturated heterocycles. The van der Waals surface area contributed by atoms with Crippen molar-refractivity contribution in [2.45, 2.75) is 6.61 Å². The van der Waals surface area contributed by atoms with Crippen LogP contribution in [0.4, 0.5) is 16.2 Å². The number of amides is 3. The molecule has 1 aliphatic heterocycles. The zero-order valence-electron chi connectivity index (χ0n) is 16.8. The molecular weight excluding hydrogens is 514 g/mol. The standard InChI is InChI=1S/C23H15BrClN3O5/c24-16-6-9-21(33-13-14-4-7-18(8-5-14)28(31)32)15(10-16)11-20-22(29)27(23(30)26-20)19-3-1-2-17(25)12-19/h1-12H,13H2,(H,26,30)/b20-11+. The molecule has 166 valence electrons. The molecule has 0 radical (unpaired) electrons. The number of ether oxygens (including phenoxy) is 1. The smallest absolute Gasteiger partial charge is 0.333 e. The van der Waals surface area contributed by atoms with Gasteiger partial charge in [-0.2, -0.15) is 0 Å². The van der Waals surface area contributed by atoms with E-state index in [0.29, 0.717) is 22.0 Å². The van der Waals surface area contributed by atoms with E-state index in [1.807, 2.05) is 0 Å². The summed E-state index contributed by atoms with van der Waals surface area (Å²) in [6.45, 7) is 0.157. The minimum atomic E-state index is -0.586. The van der Waals surface area contributed by atoms with Gasteiger partial charge in [0.05, 0.1) is 10.6 Å². The van der Waals surface area contributed by atoms with Gasteiger partial charge < -0.3 is 10.1 Å². The first kappa shape index (κ1) is 22.5. The Morgan fingerprint density at radius 3 is 2.55 bits per heavy atom. The highest BCUT2D eigenvalue weighted by Crippen LogP contribution is 2.29. The van der Waals surface area contributed by atoms with Crippen LogP contribution in [0.2, 0.25) is 5.02 Å². The maximum Gasteiger partial charge on any atom is 0.333 e. The van der Waals surface area contributed by atoms with Crippen LogP contribution in [0.25, 0.3) is 6.08 Å². The van der Waals surface area contributed by atoms with Gasteiger partial charge >= 0.3 is 6.03 Å². The van der Waals surface area contributed by atoms with Gasteiger partial charge in [-0.05, 0) is 60.2 Å². The van der Waals surface area contributed by atoms with Crippen molar-refractivity contribution in [3.8, 4) is 5.75 Å². The third kappa shape index (κ3) is 5.05. The topological polar surface area (TPSA) is 102 Å². The quantitative estimate of drug-likeness (QED) is 0.192. The normalized spacial score (nSPS) is 14.5. The third-order valence-electron chi connectivity index (χ3n) is 4.76. The summed E-state index contributed by atoms with van der Waals surface area (Å²) >= 11 is 9.39. The largest absolute Gasteiger partial charge is 0.488 e. The van der Waals surface area contributed by atoms with Crippen molar-refractivity contribution in [2.75, 3.05) is 4.90 Å². The number of hydrogen-bond donors (Lipinski definition) is 1. The van der Waals surface area contributed by atoms with Gasteiger partial charge in [0.1, 0.15) is 18.1 Å². The van der Waals surface area contributed by atoms with E-state index in [4.69, 9.17) is 16.3 Å². The van der Waals surface area contributed by atoms with Crippen LogP contribution >= 0.6 is 27.5 Å². The second-order valence-electron chi connectivity index (χ2n) is 7.00. The van der Waals surface area contributed by atoms with E-state index in [0.717, 1.165) is 14.9 Å². The molecule has 33 heavy (non-hydrogen) atoms. The molecule has 1 heterocycles. The highest BCUT2D eigenvalue weighted by Gasteiger charge is 2.35. The molecule has 3 aromatic carbocycles. The van der Waals surface area contributed by atoms with E-state index in [1.165, 1.54) is 24.3 Å². The molecule has 0 saturated carbocycles. The van der Waals surface area contributed by atoms with Crippen molar-refractivity contribution in [3.63, 3.8) is 0 Å². The Morgan fingerprint density at radius 1 is 1.09 bits per heavy atom. The number of benzene rings is 3. The van der Waals surface area contributed by atoms with Gasteiger partial charge in [0, 0.05) is 27.2 Å². The summed E-state index contributed by atoms with van der Waals surface area (Å²) in [6, 6.07) is 17.1. The van der Waals surface area contributed by atoms with Crippen LogP contribution in [0, 0.1) is 10.1 Å². The molecule has 4 rings (SSSR count). The summed E-state index contributed by atoms with van der Waals surface area (Å²) in [5.41, 5.74) is 1.73. The monoisotopic (exact) mass is 527 g/mol. The molecule has 1 aliphatic rings. The van der Waals surface area contributed by atoms with Crippen molar-refractivity contribution < 1.29 is 19.2 Å². The number of hydrogen-bond acceptors (Lipinski definition) is 5. The van der Waals surface area contributed by atoms with Crippen molar-refractivity contribution in [1.29, 1.82) is 0 Å². The van der Waals surface area contributed by atoms with Crippen molar-refractivity contribution in [2.24, 2.45) is 0 Å². The van der Waals surface area contributed by atoms with Crippen LogP contribution in [0.15, 0.2) is 76.9 Å². The Labute approximate surface area is 201 Å². The van der Waals surface area contributed by atoms with Crippen LogP contribution in [-0.2, 0) is 11.4 Å². The summed E-state index contributed by atoms with van der Waals surface area (Å²) in [6.07, 6.45) is 1.53. The van der Waals surface area contributed by atoms with Gasteiger partial charge in [0.25, 0.3) is 11.6 Å². The number of nitro benzene ring substituents is 1. The van der Waals surface area contributed by atoms with Gasteiger partial charge in [-0.3, -0.25) is 14.9 Å². The molecule has 0 spiro atoms. The number of halogens is 2. The number of rotatable bonds is 6. The van der Waals surface area contributed by atoms with Crippen LogP contribution in [0.1, 0.15) is 11.1 Å². The Morgan fingerprint density at radius 2 is 1.85 bits per heavy atom. The molecular formula is C23H15BrClN3O5. The van der Waals surface area contributed by atoms with Gasteiger partial charge in [0.2, 0.25) is 0 Å². The first-order valence-electron chi connectivity index (χ1n) is 9.60. The van der Waals surface area contributed by atoms with Gasteiger partial charge in [0.15, 0.2) is 0 Å². The average molecular weight is 529 g/mol. The van der Waals surface area contributed by atoms with E-state index >= 15 is 0 Å². The van der Waals surface area contributed by atoms with E-state index in [9.17, 15) is 19.7 Å². The number of non-ortho nitro benzene ring substituents is 1. The molecule has 10 heteroatoms. The number of imide groups is 1. The zero-order chi connectivity index (χ0) is 23.5. The Bertz CT molecular complexity index is 1290. The molecule has 0 unspecified atom stereocenters. The summed E-state index contributed by atoms with van der Waals surface area (Å²) in [5, 5.41) is 13.8. The van der Waals surface area contributed by atoms with Crippen molar-refractivity contribution >= 4 is 56.9 Å². The summed E-state index contributed by atoms with van der Waals surface area (Å²) in [7, 11) is 0. The molecule has 0 aliphatic carbocycles. The minimum absolute atomic E-state index is 0.00689. The fraction of sp³-hybridized carbons (Fsp3) is 0.0435. The zero-order valence-corrected chi connectivity index (χ0v) is 19.2. The number of nitrogens with zero attached hydrogens (tertiary/aromatic N) is 2. The third-order valence-corrected chi connectivity index (χ3v) is 5.49. The van der Waals surface area contributed by atoms with Crippen molar-refractivity contribution in [3.05, 3.63) is 103 Å². The number of anilines is 1. The molecule has 1 N–H and O–H groups in total. The summed E-state index contributed by atoms with van der Waals surface area (Å²) < 4.78 is 6.64. The fourth-order valence-corrected chi connectivity index (χ4v) is 3.74. The van der Waals surface area contributed by atoms with E-state index in [1.54, 1.807) is 48.5 Å². The SMILES string of the molecule is O=C1N/C(=C/c2cc(Br)ccc2OCc2ccc([N+](=O)[O-])cc2)C(=O)N1c1cccc(Cl)c1.